The van der Waals surface area contributed by atoms with Crippen LogP contribution in [-0.4, -0.2) is 12.3 Å². The van der Waals surface area contributed by atoms with E-state index in [1.807, 2.05) is 0 Å². The molecular formula is C8H14F2. The van der Waals surface area contributed by atoms with E-state index in [1.54, 1.807) is 0 Å². The van der Waals surface area contributed by atoms with Crippen molar-refractivity contribution in [2.45, 2.75) is 50.9 Å². The van der Waals surface area contributed by atoms with Crippen molar-refractivity contribution in [1.82, 2.24) is 0 Å². The smallest absolute Gasteiger partial charge is 0.131 e. The highest BCUT2D eigenvalue weighted by atomic mass is 19.2. The highest BCUT2D eigenvalue weighted by Gasteiger charge is 2.20. The molecule has 0 heterocycles. The van der Waals surface area contributed by atoms with E-state index >= 15 is 0 Å². The minimum atomic E-state index is -1.18. The van der Waals surface area contributed by atoms with Gasteiger partial charge in [0.2, 0.25) is 0 Å². The Morgan fingerprint density at radius 1 is 0.700 bits per heavy atom. The molecule has 0 spiro atoms. The Kier molecular flexibility index (Phi) is 3.10. The van der Waals surface area contributed by atoms with E-state index in [0.29, 0.717) is 12.8 Å². The molecule has 60 valence electrons. The third-order valence-electron chi connectivity index (χ3n) is 2.10. The third-order valence-corrected chi connectivity index (χ3v) is 2.10. The minimum absolute atomic E-state index is 0.432. The van der Waals surface area contributed by atoms with Crippen LogP contribution in [0.2, 0.25) is 0 Å². The summed E-state index contributed by atoms with van der Waals surface area (Å²) in [6.45, 7) is 0. The molecule has 0 saturated heterocycles. The Labute approximate surface area is 60.6 Å². The van der Waals surface area contributed by atoms with Crippen molar-refractivity contribution >= 4 is 0 Å². The zero-order valence-corrected chi connectivity index (χ0v) is 6.15. The normalized spacial score (nSPS) is 36.6. The first-order valence-corrected chi connectivity index (χ1v) is 4.09. The van der Waals surface area contributed by atoms with Crippen molar-refractivity contribution in [3.63, 3.8) is 0 Å². The Morgan fingerprint density at radius 3 is 1.50 bits per heavy atom. The van der Waals surface area contributed by atoms with Gasteiger partial charge in [-0.2, -0.15) is 0 Å². The van der Waals surface area contributed by atoms with Gasteiger partial charge in [0.25, 0.3) is 0 Å². The zero-order valence-electron chi connectivity index (χ0n) is 6.15. The van der Waals surface area contributed by atoms with Crippen LogP contribution in [0.3, 0.4) is 0 Å². The topological polar surface area (TPSA) is 0 Å². The quantitative estimate of drug-likeness (QED) is 0.495. The molecular weight excluding hydrogens is 134 g/mol. The summed E-state index contributed by atoms with van der Waals surface area (Å²) in [5, 5.41) is 0. The Morgan fingerprint density at radius 2 is 1.10 bits per heavy atom. The van der Waals surface area contributed by atoms with Crippen LogP contribution in [0.4, 0.5) is 8.78 Å². The van der Waals surface area contributed by atoms with Gasteiger partial charge in [-0.05, 0) is 12.8 Å². The van der Waals surface area contributed by atoms with Crippen LogP contribution in [0.25, 0.3) is 0 Å². The lowest BCUT2D eigenvalue weighted by atomic mass is 9.98. The number of alkyl halides is 2. The molecule has 2 atom stereocenters. The Balaban J connectivity index is 2.28. The first kappa shape index (κ1) is 7.96. The van der Waals surface area contributed by atoms with Gasteiger partial charge in [0.1, 0.15) is 12.3 Å². The van der Waals surface area contributed by atoms with Gasteiger partial charge in [0, 0.05) is 0 Å². The van der Waals surface area contributed by atoms with Crippen molar-refractivity contribution in [3.05, 3.63) is 0 Å². The first-order chi connectivity index (χ1) is 4.80. The van der Waals surface area contributed by atoms with Gasteiger partial charge in [0.05, 0.1) is 0 Å². The summed E-state index contributed by atoms with van der Waals surface area (Å²) in [4.78, 5) is 0. The van der Waals surface area contributed by atoms with Crippen molar-refractivity contribution in [1.29, 1.82) is 0 Å². The second kappa shape index (κ2) is 3.89. The fourth-order valence-corrected chi connectivity index (χ4v) is 1.39. The van der Waals surface area contributed by atoms with Crippen molar-refractivity contribution in [2.24, 2.45) is 0 Å². The van der Waals surface area contributed by atoms with Gasteiger partial charge < -0.3 is 0 Å². The van der Waals surface area contributed by atoms with Crippen LogP contribution in [0.1, 0.15) is 38.5 Å². The maximum absolute atomic E-state index is 12.6. The van der Waals surface area contributed by atoms with Crippen LogP contribution in [-0.2, 0) is 0 Å². The summed E-state index contributed by atoms with van der Waals surface area (Å²) < 4.78 is 25.3. The Bertz CT molecular complexity index is 81.3. The molecule has 0 aromatic heterocycles. The lowest BCUT2D eigenvalue weighted by molar-refractivity contribution is 0.136. The molecule has 0 N–H and O–H groups in total. The standard InChI is InChI=1S/C8H14F2/c9-7-5-3-1-2-4-6-8(7)10/h7-8H,1-6H2. The molecule has 2 unspecified atom stereocenters. The molecule has 0 nitrogen and oxygen atoms in total. The Hall–Kier alpha value is -0.140. The minimum Gasteiger partial charge on any atom is -0.244 e. The summed E-state index contributed by atoms with van der Waals surface area (Å²) in [5.74, 6) is 0. The van der Waals surface area contributed by atoms with E-state index in [9.17, 15) is 8.78 Å². The SMILES string of the molecule is FC1CCCCCCC1F. The lowest BCUT2D eigenvalue weighted by Crippen LogP contribution is -2.18. The summed E-state index contributed by atoms with van der Waals surface area (Å²) in [6.07, 6.45) is 2.38. The predicted molar refractivity (Wildman–Crippen MR) is 37.5 cm³/mol. The van der Waals surface area contributed by atoms with E-state index < -0.39 is 12.3 Å². The fourth-order valence-electron chi connectivity index (χ4n) is 1.39. The van der Waals surface area contributed by atoms with Crippen LogP contribution in [0.5, 0.6) is 0 Å². The van der Waals surface area contributed by atoms with Gasteiger partial charge in [-0.15, -0.1) is 0 Å². The van der Waals surface area contributed by atoms with Gasteiger partial charge >= 0.3 is 0 Å². The molecule has 2 heteroatoms. The second-order valence-corrected chi connectivity index (χ2v) is 3.02. The van der Waals surface area contributed by atoms with Crippen LogP contribution in [0.15, 0.2) is 0 Å². The molecule has 0 aliphatic heterocycles. The first-order valence-electron chi connectivity index (χ1n) is 4.09. The molecule has 0 aromatic rings. The number of rotatable bonds is 0. The molecule has 10 heavy (non-hydrogen) atoms. The molecule has 0 bridgehead atoms. The molecule has 1 rings (SSSR count). The largest absolute Gasteiger partial charge is 0.244 e. The summed E-state index contributed by atoms with van der Waals surface area (Å²) in [6, 6.07) is 0. The van der Waals surface area contributed by atoms with E-state index in [0.717, 1.165) is 25.7 Å². The summed E-state index contributed by atoms with van der Waals surface area (Å²) >= 11 is 0. The molecule has 0 aromatic carbocycles. The van der Waals surface area contributed by atoms with Crippen molar-refractivity contribution < 1.29 is 8.78 Å². The number of hydrogen-bond donors (Lipinski definition) is 0. The van der Waals surface area contributed by atoms with E-state index in [4.69, 9.17) is 0 Å². The lowest BCUT2D eigenvalue weighted by Gasteiger charge is -2.16. The highest BCUT2D eigenvalue weighted by molar-refractivity contribution is 4.70. The second-order valence-electron chi connectivity index (χ2n) is 3.02. The third kappa shape index (κ3) is 2.24. The monoisotopic (exact) mass is 148 g/mol. The van der Waals surface area contributed by atoms with Crippen LogP contribution in [0, 0.1) is 0 Å². The average molecular weight is 148 g/mol. The van der Waals surface area contributed by atoms with Gasteiger partial charge in [-0.3, -0.25) is 0 Å². The molecule has 1 aliphatic rings. The van der Waals surface area contributed by atoms with Crippen LogP contribution >= 0.6 is 0 Å². The molecule has 0 radical (unpaired) electrons. The highest BCUT2D eigenvalue weighted by Crippen LogP contribution is 2.21. The maximum Gasteiger partial charge on any atom is 0.131 e. The van der Waals surface area contributed by atoms with Gasteiger partial charge in [-0.1, -0.05) is 25.7 Å². The molecule has 1 saturated carbocycles. The fraction of sp³-hybridized carbons (Fsp3) is 1.00. The number of halogens is 2. The maximum atomic E-state index is 12.6. The van der Waals surface area contributed by atoms with E-state index in [2.05, 4.69) is 0 Å². The summed E-state index contributed by atoms with van der Waals surface area (Å²) in [7, 11) is 0. The molecule has 1 aliphatic carbocycles. The van der Waals surface area contributed by atoms with Crippen molar-refractivity contribution in [3.8, 4) is 0 Å². The average Bonchev–Trinajstić information content (AvgIpc) is 1.92. The molecule has 0 amide bonds. The predicted octanol–water partition coefficient (Wildman–Crippen LogP) is 3.02. The van der Waals surface area contributed by atoms with Gasteiger partial charge in [0.15, 0.2) is 0 Å². The van der Waals surface area contributed by atoms with E-state index in [1.165, 1.54) is 0 Å². The van der Waals surface area contributed by atoms with Crippen LogP contribution < -0.4 is 0 Å². The van der Waals surface area contributed by atoms with Crippen molar-refractivity contribution in [2.75, 3.05) is 0 Å². The van der Waals surface area contributed by atoms with Gasteiger partial charge in [-0.25, -0.2) is 8.78 Å². The van der Waals surface area contributed by atoms with E-state index in [-0.39, 0.29) is 0 Å². The molecule has 1 fully saturated rings. The number of hydrogen-bond acceptors (Lipinski definition) is 0. The summed E-state index contributed by atoms with van der Waals surface area (Å²) in [5.41, 5.74) is 0. The zero-order chi connectivity index (χ0) is 7.40.